The van der Waals surface area contributed by atoms with Gasteiger partial charge in [-0.1, -0.05) is 30.3 Å². The Morgan fingerprint density at radius 1 is 1.10 bits per heavy atom. The van der Waals surface area contributed by atoms with Crippen LogP contribution in [0.2, 0.25) is 0 Å². The highest BCUT2D eigenvalue weighted by molar-refractivity contribution is 6.01. The standard InChI is InChI=1S/C22H19FN4O4/c1-29-18-8-4-5-9-19(18)30-13-16-10-11-20(31-16)21(28)25-22-24-14-27(26-22)12-15-6-2-3-7-17(15)23/h2-11,14H,12-13H2,1H3,(H,25,26,28). The summed E-state index contributed by atoms with van der Waals surface area (Å²) in [4.78, 5) is 16.4. The van der Waals surface area contributed by atoms with Gasteiger partial charge in [-0.05, 0) is 30.3 Å². The zero-order chi connectivity index (χ0) is 21.6. The van der Waals surface area contributed by atoms with Gasteiger partial charge in [0.1, 0.15) is 24.5 Å². The average molecular weight is 422 g/mol. The molecule has 2 heterocycles. The van der Waals surface area contributed by atoms with Gasteiger partial charge in [0, 0.05) is 5.56 Å². The number of rotatable bonds is 8. The molecule has 9 heteroatoms. The van der Waals surface area contributed by atoms with Crippen LogP contribution in [0.25, 0.3) is 0 Å². The van der Waals surface area contributed by atoms with Crippen molar-refractivity contribution in [3.8, 4) is 11.5 Å². The summed E-state index contributed by atoms with van der Waals surface area (Å²) in [6.07, 6.45) is 1.41. The number of nitrogens with one attached hydrogen (secondary N) is 1. The summed E-state index contributed by atoms with van der Waals surface area (Å²) in [6.45, 7) is 0.323. The molecule has 4 aromatic rings. The Morgan fingerprint density at radius 2 is 1.87 bits per heavy atom. The summed E-state index contributed by atoms with van der Waals surface area (Å²) in [5.74, 6) is 0.970. The van der Waals surface area contributed by atoms with Crippen molar-refractivity contribution in [1.29, 1.82) is 0 Å². The van der Waals surface area contributed by atoms with Crippen LogP contribution in [0.5, 0.6) is 11.5 Å². The molecular formula is C22H19FN4O4. The molecule has 4 rings (SSSR count). The molecule has 8 nitrogen and oxygen atoms in total. The molecule has 2 aromatic heterocycles. The quantitative estimate of drug-likeness (QED) is 0.463. The van der Waals surface area contributed by atoms with Gasteiger partial charge in [0.2, 0.25) is 5.95 Å². The van der Waals surface area contributed by atoms with Gasteiger partial charge in [-0.25, -0.2) is 14.1 Å². The summed E-state index contributed by atoms with van der Waals surface area (Å²) in [5, 5.41) is 6.69. The number of hydrogen-bond donors (Lipinski definition) is 1. The van der Waals surface area contributed by atoms with E-state index in [0.29, 0.717) is 22.8 Å². The molecule has 0 radical (unpaired) electrons. The number of halogens is 1. The molecule has 0 aliphatic carbocycles. The molecule has 0 unspecified atom stereocenters. The van der Waals surface area contributed by atoms with E-state index in [-0.39, 0.29) is 30.7 Å². The van der Waals surface area contributed by atoms with Gasteiger partial charge in [-0.15, -0.1) is 5.10 Å². The third kappa shape index (κ3) is 4.89. The topological polar surface area (TPSA) is 91.4 Å². The van der Waals surface area contributed by atoms with Crippen molar-refractivity contribution in [2.75, 3.05) is 12.4 Å². The highest BCUT2D eigenvalue weighted by Crippen LogP contribution is 2.26. The van der Waals surface area contributed by atoms with E-state index in [2.05, 4.69) is 15.4 Å². The summed E-state index contributed by atoms with van der Waals surface area (Å²) in [7, 11) is 1.56. The molecule has 1 N–H and O–H groups in total. The van der Waals surface area contributed by atoms with Crippen molar-refractivity contribution in [1.82, 2.24) is 14.8 Å². The monoisotopic (exact) mass is 422 g/mol. The molecule has 0 saturated heterocycles. The predicted octanol–water partition coefficient (Wildman–Crippen LogP) is 3.90. The normalized spacial score (nSPS) is 10.6. The molecule has 0 aliphatic heterocycles. The summed E-state index contributed by atoms with van der Waals surface area (Å²) in [6, 6.07) is 16.8. The largest absolute Gasteiger partial charge is 0.493 e. The van der Waals surface area contributed by atoms with Crippen molar-refractivity contribution >= 4 is 11.9 Å². The van der Waals surface area contributed by atoms with Crippen LogP contribution >= 0.6 is 0 Å². The van der Waals surface area contributed by atoms with E-state index in [0.717, 1.165) is 0 Å². The van der Waals surface area contributed by atoms with Crippen molar-refractivity contribution in [2.24, 2.45) is 0 Å². The number of benzene rings is 2. The predicted molar refractivity (Wildman–Crippen MR) is 110 cm³/mol. The number of hydrogen-bond acceptors (Lipinski definition) is 6. The molecule has 0 fully saturated rings. The Bertz CT molecular complexity index is 1190. The van der Waals surface area contributed by atoms with Gasteiger partial charge in [-0.2, -0.15) is 0 Å². The second kappa shape index (κ2) is 9.12. The molecule has 2 aromatic carbocycles. The van der Waals surface area contributed by atoms with Gasteiger partial charge < -0.3 is 13.9 Å². The third-order valence-corrected chi connectivity index (χ3v) is 4.38. The molecule has 1 amide bonds. The van der Waals surface area contributed by atoms with Crippen molar-refractivity contribution < 1.29 is 23.1 Å². The number of aromatic nitrogens is 3. The van der Waals surface area contributed by atoms with Gasteiger partial charge in [-0.3, -0.25) is 10.1 Å². The first-order chi connectivity index (χ1) is 15.1. The van der Waals surface area contributed by atoms with Crippen LogP contribution in [0.3, 0.4) is 0 Å². The molecule has 31 heavy (non-hydrogen) atoms. The Morgan fingerprint density at radius 3 is 2.68 bits per heavy atom. The van der Waals surface area contributed by atoms with E-state index in [1.165, 1.54) is 23.1 Å². The van der Waals surface area contributed by atoms with Gasteiger partial charge in [0.25, 0.3) is 5.91 Å². The van der Waals surface area contributed by atoms with Crippen LogP contribution < -0.4 is 14.8 Å². The van der Waals surface area contributed by atoms with E-state index in [1.807, 2.05) is 12.1 Å². The Labute approximate surface area is 177 Å². The fraction of sp³-hybridized carbons (Fsp3) is 0.136. The summed E-state index contributed by atoms with van der Waals surface area (Å²) >= 11 is 0. The number of carbonyl (C=O) groups excluding carboxylic acids is 1. The summed E-state index contributed by atoms with van der Waals surface area (Å²) in [5.41, 5.74) is 0.469. The molecule has 158 valence electrons. The van der Waals surface area contributed by atoms with Crippen LogP contribution in [0, 0.1) is 5.82 Å². The highest BCUT2D eigenvalue weighted by atomic mass is 19.1. The van der Waals surface area contributed by atoms with Crippen LogP contribution in [0.1, 0.15) is 21.9 Å². The van der Waals surface area contributed by atoms with Crippen molar-refractivity contribution in [2.45, 2.75) is 13.2 Å². The molecule has 0 aliphatic rings. The lowest BCUT2D eigenvalue weighted by Crippen LogP contribution is -2.12. The lowest BCUT2D eigenvalue weighted by Gasteiger charge is -2.08. The molecule has 0 bridgehead atoms. The number of anilines is 1. The molecule has 0 atom stereocenters. The maximum atomic E-state index is 13.8. The number of ether oxygens (including phenoxy) is 2. The maximum absolute atomic E-state index is 13.8. The fourth-order valence-electron chi connectivity index (χ4n) is 2.86. The van der Waals surface area contributed by atoms with Gasteiger partial charge in [0.15, 0.2) is 17.3 Å². The van der Waals surface area contributed by atoms with Gasteiger partial charge >= 0.3 is 0 Å². The minimum absolute atomic E-state index is 0.0871. The van der Waals surface area contributed by atoms with E-state index >= 15 is 0 Å². The minimum Gasteiger partial charge on any atom is -0.493 e. The zero-order valence-electron chi connectivity index (χ0n) is 16.6. The molecular weight excluding hydrogens is 403 g/mol. The number of para-hydroxylation sites is 2. The zero-order valence-corrected chi connectivity index (χ0v) is 16.6. The second-order valence-corrected chi connectivity index (χ2v) is 6.52. The van der Waals surface area contributed by atoms with Crippen LogP contribution in [-0.4, -0.2) is 27.8 Å². The number of amides is 1. The lowest BCUT2D eigenvalue weighted by molar-refractivity contribution is 0.0991. The van der Waals surface area contributed by atoms with Crippen molar-refractivity contribution in [3.63, 3.8) is 0 Å². The van der Waals surface area contributed by atoms with Crippen LogP contribution in [-0.2, 0) is 13.2 Å². The first-order valence-corrected chi connectivity index (χ1v) is 9.41. The Balaban J connectivity index is 1.35. The maximum Gasteiger partial charge on any atom is 0.293 e. The second-order valence-electron chi connectivity index (χ2n) is 6.52. The van der Waals surface area contributed by atoms with Crippen LogP contribution in [0.15, 0.2) is 71.4 Å². The highest BCUT2D eigenvalue weighted by Gasteiger charge is 2.15. The molecule has 0 saturated carbocycles. The minimum atomic E-state index is -0.507. The first-order valence-electron chi connectivity index (χ1n) is 9.41. The smallest absolute Gasteiger partial charge is 0.293 e. The number of furan rings is 1. The van der Waals surface area contributed by atoms with E-state index in [9.17, 15) is 9.18 Å². The van der Waals surface area contributed by atoms with Gasteiger partial charge in [0.05, 0.1) is 13.7 Å². The Kier molecular flexibility index (Phi) is 5.93. The van der Waals surface area contributed by atoms with Crippen molar-refractivity contribution in [3.05, 3.63) is 89.9 Å². The lowest BCUT2D eigenvalue weighted by atomic mass is 10.2. The van der Waals surface area contributed by atoms with E-state index in [1.54, 1.807) is 43.5 Å². The van der Waals surface area contributed by atoms with E-state index < -0.39 is 5.91 Å². The first kappa shape index (κ1) is 20.1. The van der Waals surface area contributed by atoms with Crippen LogP contribution in [0.4, 0.5) is 10.3 Å². The molecule has 0 spiro atoms. The Hall–Kier alpha value is -4.14. The average Bonchev–Trinajstić information content (AvgIpc) is 3.44. The number of nitrogens with zero attached hydrogens (tertiary/aromatic N) is 3. The summed E-state index contributed by atoms with van der Waals surface area (Å²) < 4.78 is 31.7. The number of methoxy groups -OCH3 is 1. The van der Waals surface area contributed by atoms with E-state index in [4.69, 9.17) is 13.9 Å². The third-order valence-electron chi connectivity index (χ3n) is 4.38. The SMILES string of the molecule is COc1ccccc1OCc1ccc(C(=O)Nc2ncn(Cc3ccccc3F)n2)o1. The number of carbonyl (C=O) groups is 1. The fourth-order valence-corrected chi connectivity index (χ4v) is 2.86.